The van der Waals surface area contributed by atoms with Gasteiger partial charge in [-0.1, -0.05) is 23.2 Å². The average molecular weight is 337 g/mol. The molecule has 0 atom stereocenters. The summed E-state index contributed by atoms with van der Waals surface area (Å²) in [5, 5.41) is 6.68. The van der Waals surface area contributed by atoms with Gasteiger partial charge in [0.15, 0.2) is 0 Å². The lowest BCUT2D eigenvalue weighted by atomic mass is 10.3. The molecular formula is C14H10Cl2N4O2. The molecule has 2 N–H and O–H groups in total. The smallest absolute Gasteiger partial charge is 0.318 e. The Balaban J connectivity index is 1.90. The molecule has 1 heterocycles. The number of pyridine rings is 1. The van der Waals surface area contributed by atoms with Crippen LogP contribution in [-0.2, 0) is 9.59 Å². The van der Waals surface area contributed by atoms with Gasteiger partial charge >= 0.3 is 11.8 Å². The number of carbonyl (C=O) groups is 2. The highest BCUT2D eigenvalue weighted by atomic mass is 35.5. The topological polar surface area (TPSA) is 83.5 Å². The number of halogens is 2. The Bertz CT molecular complexity index is 720. The maximum atomic E-state index is 11.7. The van der Waals surface area contributed by atoms with Crippen LogP contribution in [0.15, 0.2) is 47.8 Å². The number of hydrogen-bond donors (Lipinski definition) is 2. The predicted octanol–water partition coefficient (Wildman–Crippen LogP) is 2.48. The number of benzene rings is 1. The number of anilines is 1. The van der Waals surface area contributed by atoms with Gasteiger partial charge in [-0.25, -0.2) is 5.43 Å². The molecule has 0 aliphatic rings. The summed E-state index contributed by atoms with van der Waals surface area (Å²) in [7, 11) is 0. The molecule has 0 aliphatic carbocycles. The largest absolute Gasteiger partial charge is 0.329 e. The second-order valence-corrected chi connectivity index (χ2v) is 4.88. The molecule has 0 radical (unpaired) electrons. The predicted molar refractivity (Wildman–Crippen MR) is 85.1 cm³/mol. The molecule has 0 saturated heterocycles. The number of hydrogen-bond acceptors (Lipinski definition) is 4. The van der Waals surface area contributed by atoms with Crippen LogP contribution < -0.4 is 10.7 Å². The number of amides is 2. The van der Waals surface area contributed by atoms with E-state index in [1.165, 1.54) is 24.4 Å². The van der Waals surface area contributed by atoms with Gasteiger partial charge in [0.25, 0.3) is 0 Å². The Labute approximate surface area is 136 Å². The lowest BCUT2D eigenvalue weighted by Crippen LogP contribution is -2.32. The van der Waals surface area contributed by atoms with E-state index in [4.69, 9.17) is 23.2 Å². The van der Waals surface area contributed by atoms with Gasteiger partial charge in [0.1, 0.15) is 0 Å². The quantitative estimate of drug-likeness (QED) is 0.513. The van der Waals surface area contributed by atoms with Gasteiger partial charge in [0, 0.05) is 18.1 Å². The summed E-state index contributed by atoms with van der Waals surface area (Å²) in [6.07, 6.45) is 4.56. The minimum atomic E-state index is -0.906. The lowest BCUT2D eigenvalue weighted by molar-refractivity contribution is -0.136. The van der Waals surface area contributed by atoms with E-state index in [-0.39, 0.29) is 5.02 Å². The molecule has 6 nitrogen and oxygen atoms in total. The molecule has 0 bridgehead atoms. The van der Waals surface area contributed by atoms with Crippen molar-refractivity contribution >= 4 is 46.9 Å². The van der Waals surface area contributed by atoms with Crippen LogP contribution in [0.3, 0.4) is 0 Å². The standard InChI is InChI=1S/C14H10Cl2N4O2/c15-11-2-1-10(7-12(11)16)19-13(21)14(22)20-18-8-9-3-5-17-6-4-9/h1-8H,(H,19,21)(H,20,22)/b18-8-. The second kappa shape index (κ2) is 7.53. The van der Waals surface area contributed by atoms with Crippen LogP contribution in [-0.4, -0.2) is 23.0 Å². The third kappa shape index (κ3) is 4.54. The first-order valence-corrected chi connectivity index (χ1v) is 6.81. The maximum Gasteiger partial charge on any atom is 0.329 e. The van der Waals surface area contributed by atoms with E-state index in [0.29, 0.717) is 10.7 Å². The summed E-state index contributed by atoms with van der Waals surface area (Å²) in [6, 6.07) is 7.88. The molecule has 8 heteroatoms. The third-order valence-corrected chi connectivity index (χ3v) is 3.21. The van der Waals surface area contributed by atoms with Crippen molar-refractivity contribution in [2.75, 3.05) is 5.32 Å². The minimum absolute atomic E-state index is 0.274. The van der Waals surface area contributed by atoms with Crippen molar-refractivity contribution < 1.29 is 9.59 Å². The number of rotatable bonds is 3. The molecule has 2 aromatic rings. The van der Waals surface area contributed by atoms with Crippen molar-refractivity contribution in [1.29, 1.82) is 0 Å². The fraction of sp³-hybridized carbons (Fsp3) is 0. The van der Waals surface area contributed by atoms with Crippen molar-refractivity contribution in [1.82, 2.24) is 10.4 Å². The Morgan fingerprint density at radius 1 is 1.05 bits per heavy atom. The minimum Gasteiger partial charge on any atom is -0.318 e. The number of nitrogens with one attached hydrogen (secondary N) is 2. The van der Waals surface area contributed by atoms with Crippen LogP contribution in [0.25, 0.3) is 0 Å². The van der Waals surface area contributed by atoms with Crippen molar-refractivity contribution in [2.24, 2.45) is 5.10 Å². The molecule has 112 valence electrons. The van der Waals surface area contributed by atoms with Gasteiger partial charge in [-0.15, -0.1) is 0 Å². The third-order valence-electron chi connectivity index (χ3n) is 2.47. The lowest BCUT2D eigenvalue weighted by Gasteiger charge is -2.05. The molecular weight excluding hydrogens is 327 g/mol. The zero-order chi connectivity index (χ0) is 15.9. The Kier molecular flexibility index (Phi) is 5.46. The normalized spacial score (nSPS) is 10.5. The molecule has 0 spiro atoms. The summed E-state index contributed by atoms with van der Waals surface area (Å²) in [6.45, 7) is 0. The number of carbonyl (C=O) groups excluding carboxylic acids is 2. The SMILES string of the molecule is O=C(N/N=C\c1ccncc1)C(=O)Nc1ccc(Cl)c(Cl)c1. The van der Waals surface area contributed by atoms with E-state index in [2.05, 4.69) is 20.8 Å². The Hall–Kier alpha value is -2.44. The monoisotopic (exact) mass is 336 g/mol. The van der Waals surface area contributed by atoms with E-state index in [9.17, 15) is 9.59 Å². The van der Waals surface area contributed by atoms with Crippen molar-refractivity contribution in [2.45, 2.75) is 0 Å². The first kappa shape index (κ1) is 15.9. The maximum absolute atomic E-state index is 11.7. The highest BCUT2D eigenvalue weighted by Gasteiger charge is 2.13. The van der Waals surface area contributed by atoms with Crippen LogP contribution in [0, 0.1) is 0 Å². The molecule has 0 aliphatic heterocycles. The van der Waals surface area contributed by atoms with E-state index in [1.54, 1.807) is 24.5 Å². The van der Waals surface area contributed by atoms with E-state index in [1.807, 2.05) is 0 Å². The van der Waals surface area contributed by atoms with Gasteiger partial charge < -0.3 is 5.32 Å². The van der Waals surface area contributed by atoms with Crippen LogP contribution in [0.1, 0.15) is 5.56 Å². The molecule has 0 unspecified atom stereocenters. The second-order valence-electron chi connectivity index (χ2n) is 4.06. The molecule has 0 fully saturated rings. The van der Waals surface area contributed by atoms with Crippen molar-refractivity contribution in [3.8, 4) is 0 Å². The Morgan fingerprint density at radius 2 is 1.77 bits per heavy atom. The highest BCUT2D eigenvalue weighted by molar-refractivity contribution is 6.42. The van der Waals surface area contributed by atoms with Gasteiger partial charge in [0.2, 0.25) is 0 Å². The summed E-state index contributed by atoms with van der Waals surface area (Å²) in [5.41, 5.74) is 3.21. The first-order valence-electron chi connectivity index (χ1n) is 6.06. The highest BCUT2D eigenvalue weighted by Crippen LogP contribution is 2.24. The Morgan fingerprint density at radius 3 is 2.45 bits per heavy atom. The van der Waals surface area contributed by atoms with E-state index < -0.39 is 11.8 Å². The number of nitrogens with zero attached hydrogens (tertiary/aromatic N) is 2. The molecule has 1 aromatic carbocycles. The van der Waals surface area contributed by atoms with Gasteiger partial charge in [-0.05, 0) is 35.9 Å². The fourth-order valence-electron chi connectivity index (χ4n) is 1.43. The zero-order valence-corrected chi connectivity index (χ0v) is 12.6. The molecule has 0 saturated carbocycles. The molecule has 2 amide bonds. The summed E-state index contributed by atoms with van der Waals surface area (Å²) in [4.78, 5) is 27.1. The van der Waals surface area contributed by atoms with Gasteiger partial charge in [-0.2, -0.15) is 5.10 Å². The molecule has 2 rings (SSSR count). The summed E-state index contributed by atoms with van der Waals surface area (Å²) >= 11 is 11.6. The zero-order valence-electron chi connectivity index (χ0n) is 11.1. The van der Waals surface area contributed by atoms with E-state index in [0.717, 1.165) is 5.56 Å². The van der Waals surface area contributed by atoms with Crippen LogP contribution in [0.5, 0.6) is 0 Å². The number of hydrazone groups is 1. The van der Waals surface area contributed by atoms with Crippen molar-refractivity contribution in [3.05, 3.63) is 58.3 Å². The van der Waals surface area contributed by atoms with E-state index >= 15 is 0 Å². The van der Waals surface area contributed by atoms with Crippen LogP contribution in [0.4, 0.5) is 5.69 Å². The fourth-order valence-corrected chi connectivity index (χ4v) is 1.73. The molecule has 22 heavy (non-hydrogen) atoms. The van der Waals surface area contributed by atoms with Crippen molar-refractivity contribution in [3.63, 3.8) is 0 Å². The van der Waals surface area contributed by atoms with Crippen LogP contribution in [0.2, 0.25) is 10.0 Å². The van der Waals surface area contributed by atoms with Gasteiger partial charge in [0.05, 0.1) is 16.3 Å². The average Bonchev–Trinajstić information content (AvgIpc) is 2.52. The van der Waals surface area contributed by atoms with Gasteiger partial charge in [-0.3, -0.25) is 14.6 Å². The molecule has 1 aromatic heterocycles. The van der Waals surface area contributed by atoms with Crippen LogP contribution >= 0.6 is 23.2 Å². The summed E-state index contributed by atoms with van der Waals surface area (Å²) in [5.74, 6) is -1.78. The first-order chi connectivity index (χ1) is 10.6. The number of aromatic nitrogens is 1. The summed E-state index contributed by atoms with van der Waals surface area (Å²) < 4.78 is 0.